The molecule has 7 heteroatoms. The number of rotatable bonds is 5. The predicted octanol–water partition coefficient (Wildman–Crippen LogP) is 4.73. The Hall–Kier alpha value is -3.19. The molecule has 136 valence electrons. The van der Waals surface area contributed by atoms with Crippen LogP contribution in [-0.4, -0.2) is 16.0 Å². The summed E-state index contributed by atoms with van der Waals surface area (Å²) >= 11 is 1.37. The molecule has 2 aromatic heterocycles. The lowest BCUT2D eigenvalue weighted by Crippen LogP contribution is -2.14. The van der Waals surface area contributed by atoms with Crippen LogP contribution in [0, 0.1) is 13.8 Å². The predicted molar refractivity (Wildman–Crippen MR) is 104 cm³/mol. The minimum atomic E-state index is -0.260. The maximum atomic E-state index is 12.8. The van der Waals surface area contributed by atoms with E-state index in [1.54, 1.807) is 6.20 Å². The van der Waals surface area contributed by atoms with Gasteiger partial charge in [-0.1, -0.05) is 29.4 Å². The molecule has 0 unspecified atom stereocenters. The third-order valence-corrected chi connectivity index (χ3v) is 4.99. The van der Waals surface area contributed by atoms with Crippen molar-refractivity contribution in [3.05, 3.63) is 70.6 Å². The molecule has 4 rings (SSSR count). The van der Waals surface area contributed by atoms with E-state index in [0.29, 0.717) is 22.2 Å². The Morgan fingerprint density at radius 3 is 2.67 bits per heavy atom. The highest BCUT2D eigenvalue weighted by Crippen LogP contribution is 2.28. The highest BCUT2D eigenvalue weighted by molar-refractivity contribution is 7.13. The van der Waals surface area contributed by atoms with Gasteiger partial charge in [0.15, 0.2) is 5.13 Å². The Morgan fingerprint density at radius 1 is 1.22 bits per heavy atom. The fraction of sp³-hybridized carbons (Fsp3) is 0.150. The zero-order chi connectivity index (χ0) is 18.8. The van der Waals surface area contributed by atoms with Gasteiger partial charge in [-0.3, -0.25) is 10.1 Å². The molecule has 0 saturated heterocycles. The van der Waals surface area contributed by atoms with Crippen molar-refractivity contribution >= 4 is 33.1 Å². The average Bonchev–Trinajstić information content (AvgIpc) is 3.29. The highest BCUT2D eigenvalue weighted by Gasteiger charge is 2.17. The number of aryl methyl sites for hydroxylation is 2. The number of hydrogen-bond acceptors (Lipinski definition) is 6. The highest BCUT2D eigenvalue weighted by atomic mass is 32.1. The quantitative estimate of drug-likeness (QED) is 0.542. The molecule has 27 heavy (non-hydrogen) atoms. The summed E-state index contributed by atoms with van der Waals surface area (Å²) in [5, 5.41) is 11.1. The van der Waals surface area contributed by atoms with Crippen LogP contribution in [0.15, 0.2) is 52.5 Å². The number of thiazole rings is 1. The van der Waals surface area contributed by atoms with Gasteiger partial charge in [-0.15, -0.1) is 11.3 Å². The van der Waals surface area contributed by atoms with Gasteiger partial charge in [0.2, 0.25) is 0 Å². The van der Waals surface area contributed by atoms with Gasteiger partial charge >= 0.3 is 0 Å². The second-order valence-electron chi connectivity index (χ2n) is 6.08. The van der Waals surface area contributed by atoms with E-state index in [4.69, 9.17) is 9.26 Å². The molecule has 1 N–H and O–H groups in total. The lowest BCUT2D eigenvalue weighted by atomic mass is 10.1. The summed E-state index contributed by atoms with van der Waals surface area (Å²) in [7, 11) is 0. The molecule has 2 aromatic carbocycles. The largest absolute Gasteiger partial charge is 0.488 e. The van der Waals surface area contributed by atoms with Crippen LogP contribution in [0.4, 0.5) is 5.13 Å². The topological polar surface area (TPSA) is 77.2 Å². The van der Waals surface area contributed by atoms with Gasteiger partial charge in [0.25, 0.3) is 5.91 Å². The number of anilines is 1. The minimum absolute atomic E-state index is 0.260. The molecule has 0 spiro atoms. The number of benzene rings is 2. The number of carbonyl (C=O) groups excluding carboxylic acids is 1. The van der Waals surface area contributed by atoms with E-state index in [1.807, 2.05) is 55.6 Å². The van der Waals surface area contributed by atoms with Gasteiger partial charge in [0.1, 0.15) is 18.1 Å². The van der Waals surface area contributed by atoms with Crippen molar-refractivity contribution in [2.75, 3.05) is 5.32 Å². The van der Waals surface area contributed by atoms with E-state index in [2.05, 4.69) is 15.5 Å². The van der Waals surface area contributed by atoms with Crippen molar-refractivity contribution in [1.82, 2.24) is 10.1 Å². The van der Waals surface area contributed by atoms with E-state index in [1.165, 1.54) is 11.3 Å². The Bertz CT molecular complexity index is 1080. The number of fused-ring (bicyclic) bond motifs is 1. The summed E-state index contributed by atoms with van der Waals surface area (Å²) in [4.78, 5) is 16.9. The van der Waals surface area contributed by atoms with Crippen LogP contribution in [0.3, 0.4) is 0 Å². The number of amides is 1. The molecular formula is C20H17N3O3S. The molecule has 0 fully saturated rings. The molecule has 6 nitrogen and oxygen atoms in total. The standard InChI is InChI=1S/C20H17N3O3S/c1-12-17(13(2)26-23-12)11-25-18-10-15-6-4-3-5-14(15)9-16(18)19(24)22-20-21-7-8-27-20/h3-10H,11H2,1-2H3,(H,21,22,24). The van der Waals surface area contributed by atoms with Crippen molar-refractivity contribution in [3.8, 4) is 5.75 Å². The lowest BCUT2D eigenvalue weighted by molar-refractivity contribution is 0.102. The molecule has 0 radical (unpaired) electrons. The van der Waals surface area contributed by atoms with Gasteiger partial charge in [-0.25, -0.2) is 4.98 Å². The van der Waals surface area contributed by atoms with E-state index < -0.39 is 0 Å². The number of carbonyl (C=O) groups is 1. The van der Waals surface area contributed by atoms with E-state index in [9.17, 15) is 4.79 Å². The van der Waals surface area contributed by atoms with Crippen LogP contribution < -0.4 is 10.1 Å². The first kappa shape index (κ1) is 17.2. The number of nitrogens with one attached hydrogen (secondary N) is 1. The first-order valence-electron chi connectivity index (χ1n) is 8.40. The fourth-order valence-corrected chi connectivity index (χ4v) is 3.35. The zero-order valence-electron chi connectivity index (χ0n) is 14.9. The third kappa shape index (κ3) is 3.54. The second kappa shape index (κ2) is 7.20. The average molecular weight is 379 g/mol. The van der Waals surface area contributed by atoms with E-state index in [0.717, 1.165) is 22.0 Å². The van der Waals surface area contributed by atoms with Crippen molar-refractivity contribution in [2.45, 2.75) is 20.5 Å². The normalized spacial score (nSPS) is 10.9. The minimum Gasteiger partial charge on any atom is -0.488 e. The van der Waals surface area contributed by atoms with Crippen LogP contribution >= 0.6 is 11.3 Å². The van der Waals surface area contributed by atoms with Crippen molar-refractivity contribution in [2.24, 2.45) is 0 Å². The second-order valence-corrected chi connectivity index (χ2v) is 6.97. The maximum Gasteiger partial charge on any atom is 0.261 e. The summed E-state index contributed by atoms with van der Waals surface area (Å²) in [6, 6.07) is 11.6. The van der Waals surface area contributed by atoms with Gasteiger partial charge in [0.05, 0.1) is 16.8 Å². The number of hydrogen-bond donors (Lipinski definition) is 1. The van der Waals surface area contributed by atoms with Crippen LogP contribution in [0.1, 0.15) is 27.4 Å². The number of aromatic nitrogens is 2. The summed E-state index contributed by atoms with van der Waals surface area (Å²) in [5.74, 6) is 0.953. The Labute approximate surface area is 159 Å². The molecule has 1 amide bonds. The van der Waals surface area contributed by atoms with Gasteiger partial charge in [-0.05, 0) is 36.8 Å². The summed E-state index contributed by atoms with van der Waals surface area (Å²) in [5.41, 5.74) is 2.12. The molecular weight excluding hydrogens is 362 g/mol. The van der Waals surface area contributed by atoms with Crippen LogP contribution in [0.2, 0.25) is 0 Å². The first-order valence-corrected chi connectivity index (χ1v) is 9.28. The van der Waals surface area contributed by atoms with Crippen LogP contribution in [0.5, 0.6) is 5.75 Å². The van der Waals surface area contributed by atoms with Crippen molar-refractivity contribution in [1.29, 1.82) is 0 Å². The van der Waals surface area contributed by atoms with Gasteiger partial charge in [0, 0.05) is 11.6 Å². The summed E-state index contributed by atoms with van der Waals surface area (Å²) in [6.45, 7) is 3.98. The van der Waals surface area contributed by atoms with Gasteiger partial charge < -0.3 is 9.26 Å². The van der Waals surface area contributed by atoms with Crippen molar-refractivity contribution in [3.63, 3.8) is 0 Å². The van der Waals surface area contributed by atoms with Gasteiger partial charge in [-0.2, -0.15) is 0 Å². The molecule has 4 aromatic rings. The molecule has 0 aliphatic rings. The molecule has 0 atom stereocenters. The maximum absolute atomic E-state index is 12.8. The van der Waals surface area contributed by atoms with Crippen LogP contribution in [0.25, 0.3) is 10.8 Å². The van der Waals surface area contributed by atoms with E-state index in [-0.39, 0.29) is 12.5 Å². The third-order valence-electron chi connectivity index (χ3n) is 4.30. The smallest absolute Gasteiger partial charge is 0.261 e. The zero-order valence-corrected chi connectivity index (χ0v) is 15.7. The Balaban J connectivity index is 1.69. The number of nitrogens with zero attached hydrogens (tertiary/aromatic N) is 2. The first-order chi connectivity index (χ1) is 13.1. The monoisotopic (exact) mass is 379 g/mol. The van der Waals surface area contributed by atoms with Crippen LogP contribution in [-0.2, 0) is 6.61 Å². The Kier molecular flexibility index (Phi) is 4.60. The lowest BCUT2D eigenvalue weighted by Gasteiger charge is -2.13. The molecule has 2 heterocycles. The number of ether oxygens (including phenoxy) is 1. The Morgan fingerprint density at radius 2 is 2.00 bits per heavy atom. The SMILES string of the molecule is Cc1noc(C)c1COc1cc2ccccc2cc1C(=O)Nc1nccs1. The summed E-state index contributed by atoms with van der Waals surface area (Å²) < 4.78 is 11.2. The molecule has 0 aliphatic heterocycles. The van der Waals surface area contributed by atoms with E-state index >= 15 is 0 Å². The van der Waals surface area contributed by atoms with Crippen molar-refractivity contribution < 1.29 is 14.1 Å². The molecule has 0 aliphatic carbocycles. The summed E-state index contributed by atoms with van der Waals surface area (Å²) in [6.07, 6.45) is 1.65. The molecule has 0 bridgehead atoms. The molecule has 0 saturated carbocycles. The fourth-order valence-electron chi connectivity index (χ4n) is 2.82.